The van der Waals surface area contributed by atoms with Crippen molar-refractivity contribution in [3.8, 4) is 0 Å². The number of ketones is 3. The number of hydrogen-bond donors (Lipinski definition) is 4. The Balaban J connectivity index is 1.69. The van der Waals surface area contributed by atoms with Crippen LogP contribution in [0.5, 0.6) is 0 Å². The summed E-state index contributed by atoms with van der Waals surface area (Å²) in [5.41, 5.74) is -0.277. The number of fused-ring (bicyclic) bond motifs is 3. The number of hydrogen-bond acceptors (Lipinski definition) is 16. The van der Waals surface area contributed by atoms with Gasteiger partial charge in [0.15, 0.2) is 5.78 Å². The summed E-state index contributed by atoms with van der Waals surface area (Å²) in [6.45, 7) is 12.7. The fraction of sp³-hybridized carbons (Fsp3) is 0.750. The second kappa shape index (κ2) is 28.3. The fourth-order valence-corrected chi connectivity index (χ4v) is 10.7. The number of esters is 2. The van der Waals surface area contributed by atoms with Gasteiger partial charge in [-0.2, -0.15) is 0 Å². The molecule has 0 aromatic rings. The zero-order chi connectivity index (χ0) is 54.4. The first kappa shape index (κ1) is 61.6. The summed E-state index contributed by atoms with van der Waals surface area (Å²) < 4.78 is 35.4. The molecule has 2 unspecified atom stereocenters. The van der Waals surface area contributed by atoms with Gasteiger partial charge in [0.05, 0.1) is 31.5 Å². The second-order valence-corrected chi connectivity index (χ2v) is 21.8. The van der Waals surface area contributed by atoms with Gasteiger partial charge in [0, 0.05) is 58.5 Å². The first-order valence-corrected chi connectivity index (χ1v) is 26.4. The molecule has 0 aromatic heterocycles. The topological polar surface area (TPSA) is 242 Å². The lowest BCUT2D eigenvalue weighted by atomic mass is 9.78. The number of carbonyl (C=O) groups excluding carboxylic acids is 6. The van der Waals surface area contributed by atoms with Gasteiger partial charge in [-0.05, 0) is 114 Å². The van der Waals surface area contributed by atoms with Crippen molar-refractivity contribution < 1.29 is 77.6 Å². The van der Waals surface area contributed by atoms with Crippen LogP contribution in [-0.2, 0) is 57.2 Å². The van der Waals surface area contributed by atoms with E-state index in [-0.39, 0.29) is 42.8 Å². The van der Waals surface area contributed by atoms with Gasteiger partial charge in [-0.3, -0.25) is 24.0 Å². The number of piperidine rings is 1. The molecular formula is C56H87NO16. The minimum Gasteiger partial charge on any atom is -0.460 e. The lowest BCUT2D eigenvalue weighted by Crippen LogP contribution is -2.61. The predicted octanol–water partition coefficient (Wildman–Crippen LogP) is 5.72. The summed E-state index contributed by atoms with van der Waals surface area (Å²) in [5, 5.41) is 43.1. The smallest absolute Gasteiger partial charge is 0.329 e. The molecule has 1 saturated carbocycles. The highest BCUT2D eigenvalue weighted by atomic mass is 16.6. The van der Waals surface area contributed by atoms with E-state index in [9.17, 15) is 49.2 Å². The zero-order valence-corrected chi connectivity index (χ0v) is 45.3. The predicted molar refractivity (Wildman–Crippen MR) is 271 cm³/mol. The van der Waals surface area contributed by atoms with E-state index >= 15 is 0 Å². The van der Waals surface area contributed by atoms with Gasteiger partial charge < -0.3 is 53.7 Å². The number of methoxy groups -OCH3 is 3. The fourth-order valence-electron chi connectivity index (χ4n) is 10.7. The van der Waals surface area contributed by atoms with Crippen LogP contribution >= 0.6 is 0 Å². The maximum atomic E-state index is 14.5. The normalized spacial score (nSPS) is 36.3. The van der Waals surface area contributed by atoms with Crippen LogP contribution < -0.4 is 0 Å². The van der Waals surface area contributed by atoms with Crippen LogP contribution in [0.2, 0.25) is 0 Å². The number of rotatable bonds is 10. The number of aliphatic hydroxyl groups excluding tert-OH is 3. The van der Waals surface area contributed by atoms with Crippen LogP contribution in [0.1, 0.15) is 132 Å². The quantitative estimate of drug-likeness (QED) is 0.116. The first-order chi connectivity index (χ1) is 34.5. The van der Waals surface area contributed by atoms with Gasteiger partial charge in [-0.25, -0.2) is 4.79 Å². The average molecular weight is 1030 g/mol. The average Bonchev–Trinajstić information content (AvgIpc) is 3.37. The van der Waals surface area contributed by atoms with Crippen molar-refractivity contribution in [3.05, 3.63) is 47.6 Å². The van der Waals surface area contributed by atoms with E-state index in [4.69, 9.17) is 28.4 Å². The maximum Gasteiger partial charge on any atom is 0.329 e. The number of cyclic esters (lactones) is 1. The molecule has 17 heteroatoms. The molecule has 0 radical (unpaired) electrons. The molecular weight excluding hydrogens is 943 g/mol. The zero-order valence-electron chi connectivity index (χ0n) is 45.3. The molecule has 2 bridgehead atoms. The van der Waals surface area contributed by atoms with E-state index in [1.165, 1.54) is 21.1 Å². The van der Waals surface area contributed by atoms with E-state index in [1.807, 2.05) is 51.2 Å². The van der Waals surface area contributed by atoms with Crippen LogP contribution in [-0.4, -0.2) is 156 Å². The lowest BCUT2D eigenvalue weighted by Gasteiger charge is -2.42. The third-order valence-electron chi connectivity index (χ3n) is 15.9. The molecule has 412 valence electrons. The molecule has 73 heavy (non-hydrogen) atoms. The summed E-state index contributed by atoms with van der Waals surface area (Å²) in [6, 6.07) is -1.20. The molecule has 3 aliphatic heterocycles. The lowest BCUT2D eigenvalue weighted by molar-refractivity contribution is -0.265. The van der Waals surface area contributed by atoms with Crippen molar-refractivity contribution >= 4 is 35.2 Å². The summed E-state index contributed by atoms with van der Waals surface area (Å²) >= 11 is 0. The standard InChI is InChI=1S/C56H87NO16/c1-33-17-13-12-14-18-34(2)45(68-9)29-41-22-20-39(7)56(67,73-41)51(63)52(64)57-24-16-15-19-42(57)53(65)71-46(30-43(60)35(3)26-38(6)49(62)50(70-11)48(61)37(5)25-33)36(4)27-40-21-23-44(47(28-40)69-10)72-54(66)55(8,31-58)32-59/h12-14,17-18,26,33,35-37,39-42,44-47,49-50,58-59,62,67H,15-16,19-25,27-32H2,1-11H3/b14-12?,17-13+,34-18?,38-26+/t33-,35-,36-,37-,39-,40+,41+,42+,44-,45?,46+,47-,49-,50?,56-/m1/s1. The molecule has 1 aliphatic carbocycles. The maximum absolute atomic E-state index is 14.5. The Kier molecular flexibility index (Phi) is 23.9. The number of Topliss-reactive ketones (excluding diaryl/α,β-unsaturated/α-hetero) is 3. The summed E-state index contributed by atoms with van der Waals surface area (Å²) in [6.07, 6.45) is 9.76. The van der Waals surface area contributed by atoms with E-state index in [0.717, 1.165) is 10.5 Å². The van der Waals surface area contributed by atoms with Crippen molar-refractivity contribution in [2.75, 3.05) is 41.1 Å². The SMILES string of the molecule is COC1C[C@@H]2CC[C@@H](C)[C@@](O)(O2)C(=O)C(=O)N2CCCC[C@H]2C(=O)O[C@H]([C@H](C)C[C@@H]2CC[C@@H](OC(=O)C(C)(CO)CO)[C@H](OC)C2)CC(=O)[C@H](C)/C=C(\C)[C@@H](O)C(OC)C(=O)[C@H](C)C[C@H](C)/C=C/C=CC=C1C. The van der Waals surface area contributed by atoms with Crippen LogP contribution in [0.4, 0.5) is 0 Å². The Labute approximate surface area is 433 Å². The Morgan fingerprint density at radius 2 is 1.56 bits per heavy atom. The highest BCUT2D eigenvalue weighted by molar-refractivity contribution is 6.39. The Bertz CT molecular complexity index is 2010. The molecule has 2 saturated heterocycles. The molecule has 3 heterocycles. The number of carbonyl (C=O) groups is 6. The molecule has 17 nitrogen and oxygen atoms in total. The number of allylic oxidation sites excluding steroid dienone is 6. The summed E-state index contributed by atoms with van der Waals surface area (Å²) in [5.74, 6) is -9.36. The number of aliphatic hydroxyl groups is 4. The number of nitrogens with zero attached hydrogens (tertiary/aromatic N) is 1. The molecule has 3 fully saturated rings. The van der Waals surface area contributed by atoms with Crippen molar-refractivity contribution in [3.63, 3.8) is 0 Å². The van der Waals surface area contributed by atoms with Crippen molar-refractivity contribution in [2.24, 2.45) is 40.9 Å². The van der Waals surface area contributed by atoms with E-state index in [0.29, 0.717) is 69.8 Å². The third kappa shape index (κ3) is 16.0. The highest BCUT2D eigenvalue weighted by Gasteiger charge is 2.53. The molecule has 1 amide bonds. The minimum absolute atomic E-state index is 0.00697. The van der Waals surface area contributed by atoms with Gasteiger partial charge in [0.25, 0.3) is 11.7 Å². The molecule has 0 aromatic carbocycles. The van der Waals surface area contributed by atoms with Gasteiger partial charge in [0.2, 0.25) is 5.79 Å². The van der Waals surface area contributed by atoms with Crippen LogP contribution in [0.15, 0.2) is 47.6 Å². The van der Waals surface area contributed by atoms with E-state index in [1.54, 1.807) is 40.9 Å². The molecule has 0 spiro atoms. The van der Waals surface area contributed by atoms with E-state index in [2.05, 4.69) is 0 Å². The molecule has 4 rings (SSSR count). The van der Waals surface area contributed by atoms with Crippen LogP contribution in [0.25, 0.3) is 0 Å². The van der Waals surface area contributed by atoms with Crippen molar-refractivity contribution in [1.29, 1.82) is 0 Å². The Morgan fingerprint density at radius 3 is 2.21 bits per heavy atom. The summed E-state index contributed by atoms with van der Waals surface area (Å²) in [4.78, 5) is 85.4. The van der Waals surface area contributed by atoms with Gasteiger partial charge >= 0.3 is 11.9 Å². The van der Waals surface area contributed by atoms with Gasteiger partial charge in [-0.1, -0.05) is 71.1 Å². The molecule has 15 atom stereocenters. The van der Waals surface area contributed by atoms with Gasteiger partial charge in [0.1, 0.15) is 41.7 Å². The largest absolute Gasteiger partial charge is 0.460 e. The van der Waals surface area contributed by atoms with Crippen LogP contribution in [0.3, 0.4) is 0 Å². The molecule has 4 N–H and O–H groups in total. The van der Waals surface area contributed by atoms with Crippen LogP contribution in [0, 0.1) is 40.9 Å². The number of amides is 1. The van der Waals surface area contributed by atoms with Gasteiger partial charge in [-0.15, -0.1) is 0 Å². The molecule has 4 aliphatic rings. The van der Waals surface area contributed by atoms with Crippen molar-refractivity contribution in [1.82, 2.24) is 4.90 Å². The number of ether oxygens (including phenoxy) is 6. The summed E-state index contributed by atoms with van der Waals surface area (Å²) in [7, 11) is 4.43. The first-order valence-electron chi connectivity index (χ1n) is 26.4. The Hall–Kier alpha value is -3.94. The van der Waals surface area contributed by atoms with E-state index < -0.39 is 120 Å². The highest BCUT2D eigenvalue weighted by Crippen LogP contribution is 2.38. The van der Waals surface area contributed by atoms with Crippen molar-refractivity contribution in [2.45, 2.75) is 187 Å². The second-order valence-electron chi connectivity index (χ2n) is 21.8. The Morgan fingerprint density at radius 1 is 0.863 bits per heavy atom. The monoisotopic (exact) mass is 1030 g/mol. The minimum atomic E-state index is -2.47. The third-order valence-corrected chi connectivity index (χ3v) is 15.9.